The van der Waals surface area contributed by atoms with Crippen LogP contribution in [0.4, 0.5) is 18.9 Å². The van der Waals surface area contributed by atoms with Gasteiger partial charge in [0, 0.05) is 18.8 Å². The first-order valence-corrected chi connectivity index (χ1v) is 13.3. The van der Waals surface area contributed by atoms with Gasteiger partial charge in [0.15, 0.2) is 0 Å². The lowest BCUT2D eigenvalue weighted by molar-refractivity contribution is -0.138. The number of halogens is 3. The van der Waals surface area contributed by atoms with Gasteiger partial charge in [0.25, 0.3) is 5.91 Å². The highest BCUT2D eigenvalue weighted by atomic mass is 19.1. The number of likely N-dealkylation sites (N-methyl/N-ethyl adjacent to an activating group) is 1. The third-order valence-electron chi connectivity index (χ3n) is 7.78. The van der Waals surface area contributed by atoms with Gasteiger partial charge in [-0.2, -0.15) is 0 Å². The highest BCUT2D eigenvalue weighted by Crippen LogP contribution is 2.31. The van der Waals surface area contributed by atoms with Crippen LogP contribution >= 0.6 is 0 Å². The number of carbonyl (C=O) groups excluding carboxylic acids is 2. The number of anilines is 1. The minimum Gasteiger partial charge on any atom is -0.341 e. The van der Waals surface area contributed by atoms with E-state index in [1.807, 2.05) is 24.1 Å². The van der Waals surface area contributed by atoms with Gasteiger partial charge in [0.1, 0.15) is 28.8 Å². The largest absolute Gasteiger partial charge is 0.341 e. The van der Waals surface area contributed by atoms with Gasteiger partial charge in [-0.05, 0) is 87.2 Å². The molecule has 1 N–H and O–H groups in total. The summed E-state index contributed by atoms with van der Waals surface area (Å²) in [5.74, 6) is -2.93. The zero-order valence-electron chi connectivity index (χ0n) is 21.8. The van der Waals surface area contributed by atoms with Crippen molar-refractivity contribution in [2.75, 3.05) is 32.0 Å². The molecule has 6 nitrogen and oxygen atoms in total. The minimum atomic E-state index is -0.967. The number of likely N-dealkylation sites (tertiary alicyclic amines) is 2. The molecule has 0 bridgehead atoms. The maximum atomic E-state index is 14.4. The predicted molar refractivity (Wildman–Crippen MR) is 143 cm³/mol. The maximum absolute atomic E-state index is 14.4. The fourth-order valence-corrected chi connectivity index (χ4v) is 5.53. The lowest BCUT2D eigenvalue weighted by Gasteiger charge is -2.38. The number of pyridine rings is 1. The van der Waals surface area contributed by atoms with Crippen LogP contribution in [0.2, 0.25) is 0 Å². The quantitative estimate of drug-likeness (QED) is 0.461. The third-order valence-corrected chi connectivity index (χ3v) is 7.78. The van der Waals surface area contributed by atoms with Crippen LogP contribution in [-0.2, 0) is 4.79 Å². The summed E-state index contributed by atoms with van der Waals surface area (Å²) in [6, 6.07) is 12.8. The van der Waals surface area contributed by atoms with Crippen LogP contribution < -0.4 is 5.32 Å². The molecule has 0 radical (unpaired) electrons. The molecule has 2 amide bonds. The fraction of sp³-hybridized carbons (Fsp3) is 0.367. The van der Waals surface area contributed by atoms with Crippen molar-refractivity contribution in [1.82, 2.24) is 14.8 Å². The highest BCUT2D eigenvalue weighted by molar-refractivity contribution is 6.03. The van der Waals surface area contributed by atoms with Gasteiger partial charge in [-0.3, -0.25) is 14.5 Å². The molecular formula is C30H31F3N4O2. The van der Waals surface area contributed by atoms with E-state index in [-0.39, 0.29) is 17.6 Å². The Labute approximate surface area is 225 Å². The number of hydrogen-bond acceptors (Lipinski definition) is 4. The minimum absolute atomic E-state index is 0.00406. The second-order valence-corrected chi connectivity index (χ2v) is 10.3. The monoisotopic (exact) mass is 536 g/mol. The molecule has 2 aliphatic rings. The van der Waals surface area contributed by atoms with Crippen LogP contribution in [0.1, 0.15) is 54.1 Å². The van der Waals surface area contributed by atoms with Gasteiger partial charge in [-0.25, -0.2) is 18.2 Å². The number of amides is 2. The summed E-state index contributed by atoms with van der Waals surface area (Å²) in [5, 5.41) is 2.71. The third kappa shape index (κ3) is 5.83. The molecule has 1 atom stereocenters. The maximum Gasteiger partial charge on any atom is 0.274 e. The van der Waals surface area contributed by atoms with Gasteiger partial charge in [0.2, 0.25) is 5.91 Å². The highest BCUT2D eigenvalue weighted by Gasteiger charge is 2.32. The van der Waals surface area contributed by atoms with Gasteiger partial charge in [-0.1, -0.05) is 24.6 Å². The molecule has 1 aromatic heterocycles. The molecule has 0 unspecified atom stereocenters. The normalized spacial score (nSPS) is 18.7. The van der Waals surface area contributed by atoms with E-state index in [0.717, 1.165) is 75.5 Å². The number of hydrogen-bond donors (Lipinski definition) is 1. The van der Waals surface area contributed by atoms with Crippen LogP contribution in [-0.4, -0.2) is 59.3 Å². The Hall–Kier alpha value is -3.72. The van der Waals surface area contributed by atoms with E-state index in [4.69, 9.17) is 0 Å². The first-order chi connectivity index (χ1) is 18.8. The average Bonchev–Trinajstić information content (AvgIpc) is 2.94. The van der Waals surface area contributed by atoms with Crippen molar-refractivity contribution in [3.05, 3.63) is 83.3 Å². The number of nitrogens with zero attached hydrogens (tertiary/aromatic N) is 3. The number of nitrogens with one attached hydrogen (secondary N) is 1. The molecule has 3 heterocycles. The van der Waals surface area contributed by atoms with Gasteiger partial charge in [0.05, 0.1) is 11.6 Å². The number of rotatable bonds is 5. The van der Waals surface area contributed by atoms with E-state index < -0.39 is 34.6 Å². The summed E-state index contributed by atoms with van der Waals surface area (Å²) in [6.45, 7) is 2.43. The van der Waals surface area contributed by atoms with E-state index in [2.05, 4.69) is 15.2 Å². The Balaban J connectivity index is 1.21. The predicted octanol–water partition coefficient (Wildman–Crippen LogP) is 5.61. The van der Waals surface area contributed by atoms with Gasteiger partial charge < -0.3 is 10.2 Å². The summed E-state index contributed by atoms with van der Waals surface area (Å²) >= 11 is 0. The Kier molecular flexibility index (Phi) is 7.97. The second-order valence-electron chi connectivity index (χ2n) is 10.3. The Morgan fingerprint density at radius 2 is 1.54 bits per heavy atom. The molecule has 0 aliphatic carbocycles. The molecule has 9 heteroatoms. The van der Waals surface area contributed by atoms with Crippen LogP contribution in [0.3, 0.4) is 0 Å². The summed E-state index contributed by atoms with van der Waals surface area (Å²) < 4.78 is 42.7. The molecule has 5 rings (SSSR count). The van der Waals surface area contributed by atoms with E-state index >= 15 is 0 Å². The van der Waals surface area contributed by atoms with E-state index in [1.54, 1.807) is 12.1 Å². The summed E-state index contributed by atoms with van der Waals surface area (Å²) in [5.41, 5.74) is 0.299. The van der Waals surface area contributed by atoms with Crippen molar-refractivity contribution in [3.63, 3.8) is 0 Å². The molecule has 2 fully saturated rings. The van der Waals surface area contributed by atoms with Crippen molar-refractivity contribution >= 4 is 17.5 Å². The lowest BCUT2D eigenvalue weighted by atomic mass is 9.88. The van der Waals surface area contributed by atoms with Crippen LogP contribution in [0.15, 0.2) is 54.6 Å². The first-order valence-electron chi connectivity index (χ1n) is 13.3. The molecule has 2 aliphatic heterocycles. The number of carbonyl (C=O) groups is 2. The van der Waals surface area contributed by atoms with E-state index in [0.29, 0.717) is 11.6 Å². The average molecular weight is 537 g/mol. The fourth-order valence-electron chi connectivity index (χ4n) is 5.53. The zero-order valence-corrected chi connectivity index (χ0v) is 21.8. The topological polar surface area (TPSA) is 65.5 Å². The standard InChI is InChI=1S/C30H31F3N4O2/c1-36-16-3-2-7-26(36)30(39)37-17-14-20(15-18-37)19-8-10-21(11-9-19)34-29(38)25-13-12-24(33)28(35-25)27-22(31)5-4-6-23(27)32/h4-6,8-13,20,26H,2-3,7,14-18H2,1H3,(H,34,38)/t26-/m1/s1. The van der Waals surface area contributed by atoms with Crippen molar-refractivity contribution in [1.29, 1.82) is 0 Å². The van der Waals surface area contributed by atoms with Crippen LogP contribution in [0.25, 0.3) is 11.3 Å². The molecular weight excluding hydrogens is 505 g/mol. The van der Waals surface area contributed by atoms with Gasteiger partial charge >= 0.3 is 0 Å². The number of aromatic nitrogens is 1. The number of piperidine rings is 2. The molecule has 39 heavy (non-hydrogen) atoms. The molecule has 0 spiro atoms. The van der Waals surface area contributed by atoms with Crippen molar-refractivity contribution in [2.45, 2.75) is 44.1 Å². The Morgan fingerprint density at radius 3 is 2.21 bits per heavy atom. The Morgan fingerprint density at radius 1 is 0.846 bits per heavy atom. The zero-order chi connectivity index (χ0) is 27.5. The second kappa shape index (κ2) is 11.6. The lowest BCUT2D eigenvalue weighted by Crippen LogP contribution is -2.51. The summed E-state index contributed by atoms with van der Waals surface area (Å²) in [6.07, 6.45) is 4.93. The van der Waals surface area contributed by atoms with E-state index in [1.165, 1.54) is 12.1 Å². The summed E-state index contributed by atoms with van der Waals surface area (Å²) in [7, 11) is 2.03. The van der Waals surface area contributed by atoms with Crippen LogP contribution in [0, 0.1) is 17.5 Å². The molecule has 0 saturated carbocycles. The van der Waals surface area contributed by atoms with Crippen molar-refractivity contribution in [2.24, 2.45) is 0 Å². The van der Waals surface area contributed by atoms with E-state index in [9.17, 15) is 22.8 Å². The first kappa shape index (κ1) is 26.9. The van der Waals surface area contributed by atoms with Crippen LogP contribution in [0.5, 0.6) is 0 Å². The van der Waals surface area contributed by atoms with Gasteiger partial charge in [-0.15, -0.1) is 0 Å². The Bertz CT molecular complexity index is 1340. The van der Waals surface area contributed by atoms with Crippen molar-refractivity contribution < 1.29 is 22.8 Å². The molecule has 204 valence electrons. The SMILES string of the molecule is CN1CCCC[C@@H]1C(=O)N1CCC(c2ccc(NC(=O)c3ccc(F)c(-c4c(F)cccc4F)n3)cc2)CC1. The van der Waals surface area contributed by atoms with Crippen molar-refractivity contribution in [3.8, 4) is 11.3 Å². The molecule has 3 aromatic rings. The number of benzene rings is 2. The smallest absolute Gasteiger partial charge is 0.274 e. The molecule has 2 aromatic carbocycles. The molecule has 2 saturated heterocycles. The summed E-state index contributed by atoms with van der Waals surface area (Å²) in [4.78, 5) is 33.9.